The molecule has 27 heavy (non-hydrogen) atoms. The van der Waals surface area contributed by atoms with E-state index in [0.29, 0.717) is 31.3 Å². The number of halogens is 1. The second-order valence-corrected chi connectivity index (χ2v) is 8.21. The number of ether oxygens (including phenoxy) is 2. The van der Waals surface area contributed by atoms with Crippen LogP contribution in [0.4, 0.5) is 0 Å². The molecule has 0 aliphatic carbocycles. The molecule has 1 aromatic carbocycles. The molecule has 0 amide bonds. The van der Waals surface area contributed by atoms with Crippen molar-refractivity contribution in [1.82, 2.24) is 4.98 Å². The Hall–Kier alpha value is -2.49. The van der Waals surface area contributed by atoms with Crippen molar-refractivity contribution >= 4 is 40.9 Å². The van der Waals surface area contributed by atoms with Crippen molar-refractivity contribution in [2.45, 2.75) is 20.8 Å². The van der Waals surface area contributed by atoms with Gasteiger partial charge >= 0.3 is 0 Å². The highest BCUT2D eigenvalue weighted by Crippen LogP contribution is 2.36. The first-order valence-corrected chi connectivity index (χ1v) is 9.26. The number of terminal acetylenes is 1. The molecule has 0 spiro atoms. The Morgan fingerprint density at radius 3 is 2.70 bits per heavy atom. The Kier molecular flexibility index (Phi) is 6.53. The largest absolute Gasteiger partial charge is 0.493 e. The summed E-state index contributed by atoms with van der Waals surface area (Å²) in [6.45, 7) is 5.53. The number of thiazole rings is 1. The predicted molar refractivity (Wildman–Crippen MR) is 109 cm³/mol. The number of ketones is 1. The number of carbonyl (C=O) groups is 1. The van der Waals surface area contributed by atoms with Crippen LogP contribution in [-0.2, 0) is 4.79 Å². The summed E-state index contributed by atoms with van der Waals surface area (Å²) in [5.41, 5.74) is -0.137. The van der Waals surface area contributed by atoms with Crippen LogP contribution in [-0.4, -0.2) is 24.5 Å². The van der Waals surface area contributed by atoms with Crippen LogP contribution in [0.3, 0.4) is 0 Å². The third-order valence-electron chi connectivity index (χ3n) is 3.53. The summed E-state index contributed by atoms with van der Waals surface area (Å²) >= 11 is 7.45. The highest BCUT2D eigenvalue weighted by Gasteiger charge is 2.18. The third kappa shape index (κ3) is 5.25. The number of aromatic nitrogens is 1. The molecule has 142 valence electrons. The molecule has 5 nitrogen and oxygen atoms in total. The smallest absolute Gasteiger partial charge is 0.266 e. The molecule has 1 heterocycles. The van der Waals surface area contributed by atoms with Crippen molar-refractivity contribution in [2.75, 3.05) is 13.7 Å². The lowest BCUT2D eigenvalue weighted by Gasteiger charge is -2.12. The van der Waals surface area contributed by atoms with Gasteiger partial charge in [0.1, 0.15) is 6.61 Å². The van der Waals surface area contributed by atoms with Gasteiger partial charge in [-0.25, -0.2) is 0 Å². The van der Waals surface area contributed by atoms with Crippen molar-refractivity contribution < 1.29 is 14.3 Å². The summed E-state index contributed by atoms with van der Waals surface area (Å²) in [6.07, 6.45) is 8.32. The number of hydrogen-bond acceptors (Lipinski definition) is 5. The van der Waals surface area contributed by atoms with Crippen LogP contribution in [0, 0.1) is 17.8 Å². The van der Waals surface area contributed by atoms with Gasteiger partial charge in [0, 0.05) is 11.5 Å². The lowest BCUT2D eigenvalue weighted by molar-refractivity contribution is -0.119. The first-order chi connectivity index (χ1) is 12.7. The number of H-pyrrole nitrogens is 1. The van der Waals surface area contributed by atoms with Crippen LogP contribution in [0.25, 0.3) is 12.2 Å². The standard InChI is InChI=1S/C20H20ClNO4S/c1-6-7-26-18-13(21)8-12(9-14(18)25-5)10-15-19(24)22-17(27-15)11-16(23)20(2,3)4/h1,8-11H,7H2,2-5H3,(H,22,24)/b15-10-,17-11-. The van der Waals surface area contributed by atoms with Crippen LogP contribution in [0.5, 0.6) is 11.5 Å². The van der Waals surface area contributed by atoms with Gasteiger partial charge < -0.3 is 14.5 Å². The van der Waals surface area contributed by atoms with Crippen LogP contribution < -0.4 is 24.2 Å². The lowest BCUT2D eigenvalue weighted by Crippen LogP contribution is -2.22. The minimum atomic E-state index is -0.514. The SMILES string of the molecule is C#CCOc1c(Cl)cc(/C=c2\s/c(=C\C(=O)C(C)(C)C)[nH]c2=O)cc1OC. The third-order valence-corrected chi connectivity index (χ3v) is 4.77. The Bertz CT molecular complexity index is 1070. The molecule has 1 N–H and O–H groups in total. The molecule has 0 radical (unpaired) electrons. The van der Waals surface area contributed by atoms with Gasteiger partial charge in [-0.3, -0.25) is 9.59 Å². The van der Waals surface area contributed by atoms with E-state index < -0.39 is 5.41 Å². The molecule has 0 atom stereocenters. The molecule has 0 aliphatic rings. The molecule has 2 rings (SSSR count). The van der Waals surface area contributed by atoms with Gasteiger partial charge in [-0.15, -0.1) is 17.8 Å². The fourth-order valence-corrected chi connectivity index (χ4v) is 3.25. The summed E-state index contributed by atoms with van der Waals surface area (Å²) in [5.74, 6) is 3.06. The van der Waals surface area contributed by atoms with Gasteiger partial charge in [0.15, 0.2) is 17.3 Å². The van der Waals surface area contributed by atoms with E-state index in [-0.39, 0.29) is 17.9 Å². The first kappa shape index (κ1) is 20.8. The van der Waals surface area contributed by atoms with Gasteiger partial charge in [0.2, 0.25) is 0 Å². The average Bonchev–Trinajstić information content (AvgIpc) is 2.91. The minimum Gasteiger partial charge on any atom is -0.493 e. The Balaban J connectivity index is 2.50. The molecule has 0 unspecified atom stereocenters. The maximum Gasteiger partial charge on any atom is 0.266 e. The predicted octanol–water partition coefficient (Wildman–Crippen LogP) is 2.33. The molecule has 1 aromatic heterocycles. The number of Topliss-reactive ketones (excluding diaryl/α,β-unsaturated/α-hetero) is 1. The average molecular weight is 406 g/mol. The van der Waals surface area contributed by atoms with E-state index in [1.807, 2.05) is 20.8 Å². The normalized spacial score (nSPS) is 12.7. The zero-order chi connectivity index (χ0) is 20.2. The summed E-state index contributed by atoms with van der Waals surface area (Å²) in [6, 6.07) is 3.35. The molecule has 2 aromatic rings. The number of benzene rings is 1. The quantitative estimate of drug-likeness (QED) is 0.775. The van der Waals surface area contributed by atoms with Crippen LogP contribution >= 0.6 is 22.9 Å². The second-order valence-electron chi connectivity index (χ2n) is 6.71. The molecule has 0 bridgehead atoms. The fraction of sp³-hybridized carbons (Fsp3) is 0.300. The van der Waals surface area contributed by atoms with Crippen molar-refractivity contribution in [3.63, 3.8) is 0 Å². The first-order valence-electron chi connectivity index (χ1n) is 8.06. The van der Waals surface area contributed by atoms with Crippen LogP contribution in [0.2, 0.25) is 5.02 Å². The zero-order valence-corrected chi connectivity index (χ0v) is 17.1. The van der Waals surface area contributed by atoms with Gasteiger partial charge in [0.25, 0.3) is 5.56 Å². The van der Waals surface area contributed by atoms with E-state index in [1.165, 1.54) is 24.5 Å². The highest BCUT2D eigenvalue weighted by atomic mass is 35.5. The molecule has 0 aliphatic heterocycles. The van der Waals surface area contributed by atoms with E-state index in [4.69, 9.17) is 27.5 Å². The Morgan fingerprint density at radius 2 is 2.11 bits per heavy atom. The molecule has 0 saturated carbocycles. The molecular weight excluding hydrogens is 386 g/mol. The molecule has 0 fully saturated rings. The summed E-state index contributed by atoms with van der Waals surface area (Å²) in [4.78, 5) is 27.0. The zero-order valence-electron chi connectivity index (χ0n) is 15.5. The van der Waals surface area contributed by atoms with Crippen molar-refractivity contribution in [1.29, 1.82) is 0 Å². The number of rotatable bonds is 5. The van der Waals surface area contributed by atoms with E-state index in [1.54, 1.807) is 18.2 Å². The fourth-order valence-electron chi connectivity index (χ4n) is 2.09. The number of carbonyl (C=O) groups excluding carboxylic acids is 1. The Morgan fingerprint density at radius 1 is 1.41 bits per heavy atom. The van der Waals surface area contributed by atoms with Gasteiger partial charge in [-0.1, -0.05) is 38.3 Å². The number of nitrogens with one attached hydrogen (secondary N) is 1. The topological polar surface area (TPSA) is 68.4 Å². The summed E-state index contributed by atoms with van der Waals surface area (Å²) < 4.78 is 11.6. The summed E-state index contributed by atoms with van der Waals surface area (Å²) in [5, 5.41) is 0.318. The number of methoxy groups -OCH3 is 1. The van der Waals surface area contributed by atoms with Crippen molar-refractivity contribution in [3.8, 4) is 23.8 Å². The molecule has 0 saturated heterocycles. The van der Waals surface area contributed by atoms with Gasteiger partial charge in [-0.2, -0.15) is 0 Å². The molecule has 7 heteroatoms. The van der Waals surface area contributed by atoms with E-state index in [9.17, 15) is 9.59 Å². The van der Waals surface area contributed by atoms with Crippen molar-refractivity contribution in [3.05, 3.63) is 42.3 Å². The maximum atomic E-state index is 12.2. The second kappa shape index (κ2) is 8.47. The lowest BCUT2D eigenvalue weighted by atomic mass is 9.91. The van der Waals surface area contributed by atoms with E-state index in [0.717, 1.165) is 0 Å². The maximum absolute atomic E-state index is 12.2. The molecular formula is C20H20ClNO4S. The number of hydrogen-bond donors (Lipinski definition) is 1. The summed E-state index contributed by atoms with van der Waals surface area (Å²) in [7, 11) is 1.49. The number of aromatic amines is 1. The van der Waals surface area contributed by atoms with Gasteiger partial charge in [-0.05, 0) is 23.8 Å². The van der Waals surface area contributed by atoms with Crippen LogP contribution in [0.1, 0.15) is 26.3 Å². The van der Waals surface area contributed by atoms with E-state index >= 15 is 0 Å². The van der Waals surface area contributed by atoms with Crippen LogP contribution in [0.15, 0.2) is 16.9 Å². The Labute approximate surface area is 166 Å². The van der Waals surface area contributed by atoms with Crippen molar-refractivity contribution in [2.24, 2.45) is 5.41 Å². The minimum absolute atomic E-state index is 0.0603. The van der Waals surface area contributed by atoms with Gasteiger partial charge in [0.05, 0.1) is 21.3 Å². The monoisotopic (exact) mass is 405 g/mol. The van der Waals surface area contributed by atoms with E-state index in [2.05, 4.69) is 10.9 Å². The highest BCUT2D eigenvalue weighted by molar-refractivity contribution is 7.07.